The van der Waals surface area contributed by atoms with E-state index in [1.165, 1.54) is 12.0 Å². The van der Waals surface area contributed by atoms with Crippen molar-refractivity contribution in [1.29, 1.82) is 5.26 Å². The van der Waals surface area contributed by atoms with Gasteiger partial charge in [0.2, 0.25) is 0 Å². The maximum absolute atomic E-state index is 8.90. The van der Waals surface area contributed by atoms with Gasteiger partial charge in [0.25, 0.3) is 0 Å². The molecule has 1 aromatic heterocycles. The summed E-state index contributed by atoms with van der Waals surface area (Å²) in [5.41, 5.74) is 3.42. The SMILES string of the molecule is CN1CCCC1COc1nc2c(c(N3CCC(CNC#N)CC3)n1)CCN(c1cccc3cccc(Cl)c13)C2. The van der Waals surface area contributed by atoms with Gasteiger partial charge in [-0.25, -0.2) is 0 Å². The zero-order chi connectivity index (χ0) is 26.8. The van der Waals surface area contributed by atoms with Gasteiger partial charge in [0, 0.05) is 48.9 Å². The molecule has 1 N–H and O–H groups in total. The molecule has 2 fully saturated rings. The number of rotatable bonds is 7. The fourth-order valence-electron chi connectivity index (χ4n) is 6.36. The number of nitrogens with one attached hydrogen (secondary N) is 1. The Balaban J connectivity index is 1.29. The van der Waals surface area contributed by atoms with Gasteiger partial charge >= 0.3 is 6.01 Å². The molecule has 8 nitrogen and oxygen atoms in total. The summed E-state index contributed by atoms with van der Waals surface area (Å²) >= 11 is 6.69. The van der Waals surface area contributed by atoms with Crippen molar-refractivity contribution in [3.63, 3.8) is 0 Å². The Hall–Kier alpha value is -3.28. The second-order valence-corrected chi connectivity index (χ2v) is 11.5. The topological polar surface area (TPSA) is 80.5 Å². The van der Waals surface area contributed by atoms with Crippen LogP contribution in [0.2, 0.25) is 5.02 Å². The van der Waals surface area contributed by atoms with Crippen LogP contribution in [-0.4, -0.2) is 67.3 Å². The van der Waals surface area contributed by atoms with Crippen molar-refractivity contribution in [3.05, 3.63) is 52.7 Å². The lowest BCUT2D eigenvalue weighted by Gasteiger charge is -2.37. The minimum Gasteiger partial charge on any atom is -0.462 e. The van der Waals surface area contributed by atoms with E-state index in [0.29, 0.717) is 31.1 Å². The van der Waals surface area contributed by atoms with Crippen LogP contribution in [0.5, 0.6) is 6.01 Å². The average Bonchev–Trinajstić information content (AvgIpc) is 3.38. The van der Waals surface area contributed by atoms with Crippen molar-refractivity contribution in [1.82, 2.24) is 20.2 Å². The predicted octanol–water partition coefficient (Wildman–Crippen LogP) is 4.61. The first-order valence-electron chi connectivity index (χ1n) is 14.1. The van der Waals surface area contributed by atoms with Crippen LogP contribution in [-0.2, 0) is 13.0 Å². The monoisotopic (exact) mass is 545 g/mol. The number of nitriles is 1. The Labute approximate surface area is 235 Å². The summed E-state index contributed by atoms with van der Waals surface area (Å²) in [5.74, 6) is 1.54. The molecule has 0 saturated carbocycles. The average molecular weight is 546 g/mol. The molecule has 9 heteroatoms. The molecular formula is C30H36ClN7O. The lowest BCUT2D eigenvalue weighted by atomic mass is 9.95. The minimum atomic E-state index is 0.408. The summed E-state index contributed by atoms with van der Waals surface area (Å²) in [4.78, 5) is 17.2. The van der Waals surface area contributed by atoms with E-state index >= 15 is 0 Å². The summed E-state index contributed by atoms with van der Waals surface area (Å²) in [5, 5.41) is 14.7. The van der Waals surface area contributed by atoms with Crippen molar-refractivity contribution in [2.45, 2.75) is 44.7 Å². The smallest absolute Gasteiger partial charge is 0.318 e. The van der Waals surface area contributed by atoms with Gasteiger partial charge in [0.15, 0.2) is 6.19 Å². The number of nitrogens with zero attached hydrogens (tertiary/aromatic N) is 6. The number of hydrogen-bond donors (Lipinski definition) is 1. The number of halogens is 1. The number of aromatic nitrogens is 2. The number of anilines is 2. The molecule has 0 radical (unpaired) electrons. The highest BCUT2D eigenvalue weighted by atomic mass is 35.5. The molecule has 6 rings (SSSR count). The molecule has 0 spiro atoms. The molecule has 0 bridgehead atoms. The molecule has 0 aliphatic carbocycles. The summed E-state index contributed by atoms with van der Waals surface area (Å²) in [6.07, 6.45) is 7.36. The van der Waals surface area contributed by atoms with Crippen LogP contribution in [0.4, 0.5) is 11.5 Å². The van der Waals surface area contributed by atoms with Crippen LogP contribution in [0, 0.1) is 17.4 Å². The molecule has 1 unspecified atom stereocenters. The first-order chi connectivity index (χ1) is 19.1. The fourth-order valence-corrected chi connectivity index (χ4v) is 6.64. The van der Waals surface area contributed by atoms with E-state index in [1.54, 1.807) is 0 Å². The van der Waals surface area contributed by atoms with Gasteiger partial charge in [-0.2, -0.15) is 15.2 Å². The molecule has 3 aliphatic heterocycles. The number of likely N-dealkylation sites (tertiary alicyclic amines) is 1. The third kappa shape index (κ3) is 5.43. The van der Waals surface area contributed by atoms with Crippen LogP contribution in [0.3, 0.4) is 0 Å². The van der Waals surface area contributed by atoms with Crippen LogP contribution >= 0.6 is 11.6 Å². The highest BCUT2D eigenvalue weighted by Gasteiger charge is 2.29. The second kappa shape index (κ2) is 11.4. The van der Waals surface area contributed by atoms with Crippen molar-refractivity contribution >= 4 is 33.9 Å². The molecule has 2 aromatic carbocycles. The summed E-state index contributed by atoms with van der Waals surface area (Å²) < 4.78 is 6.29. The summed E-state index contributed by atoms with van der Waals surface area (Å²) in [6.45, 7) is 5.89. The lowest BCUT2D eigenvalue weighted by Crippen LogP contribution is -2.39. The van der Waals surface area contributed by atoms with E-state index in [4.69, 9.17) is 31.6 Å². The van der Waals surface area contributed by atoms with Gasteiger partial charge in [0.05, 0.1) is 17.3 Å². The molecule has 1 atom stereocenters. The standard InChI is InChI=1S/C30H36ClN7O/c1-36-13-4-7-23(36)19-39-30-34-26-18-38(27-9-3-6-22-5-2-8-25(31)28(22)27)16-12-24(26)29(35-30)37-14-10-21(11-15-37)17-33-20-32/h2-3,5-6,8-9,21,23,33H,4,7,10-19H2,1H3. The van der Waals surface area contributed by atoms with Crippen LogP contribution in [0.25, 0.3) is 10.8 Å². The molecular weight excluding hydrogens is 510 g/mol. The molecule has 2 saturated heterocycles. The van der Waals surface area contributed by atoms with E-state index in [1.807, 2.05) is 12.1 Å². The summed E-state index contributed by atoms with van der Waals surface area (Å²) in [6, 6.07) is 13.4. The fraction of sp³-hybridized carbons (Fsp3) is 0.500. The van der Waals surface area contributed by atoms with Gasteiger partial charge in [0.1, 0.15) is 12.4 Å². The highest BCUT2D eigenvalue weighted by molar-refractivity contribution is 6.36. The minimum absolute atomic E-state index is 0.408. The van der Waals surface area contributed by atoms with Crippen molar-refractivity contribution in [3.8, 4) is 12.2 Å². The number of benzene rings is 2. The van der Waals surface area contributed by atoms with E-state index in [0.717, 1.165) is 91.4 Å². The molecule has 39 heavy (non-hydrogen) atoms. The zero-order valence-electron chi connectivity index (χ0n) is 22.6. The van der Waals surface area contributed by atoms with Crippen molar-refractivity contribution in [2.24, 2.45) is 5.92 Å². The van der Waals surface area contributed by atoms with Crippen molar-refractivity contribution < 1.29 is 4.74 Å². The number of piperidine rings is 1. The number of likely N-dealkylation sites (N-methyl/N-ethyl adjacent to an activating group) is 1. The zero-order valence-corrected chi connectivity index (χ0v) is 23.3. The maximum atomic E-state index is 8.90. The lowest BCUT2D eigenvalue weighted by molar-refractivity contribution is 0.187. The number of ether oxygens (including phenoxy) is 1. The van der Waals surface area contributed by atoms with Gasteiger partial charge in [-0.3, -0.25) is 0 Å². The normalized spacial score (nSPS) is 20.2. The first kappa shape index (κ1) is 26.0. The third-order valence-electron chi connectivity index (χ3n) is 8.66. The Morgan fingerprint density at radius 2 is 1.87 bits per heavy atom. The predicted molar refractivity (Wildman–Crippen MR) is 155 cm³/mol. The molecule has 0 amide bonds. The van der Waals surface area contributed by atoms with Gasteiger partial charge in [-0.15, -0.1) is 0 Å². The molecule has 3 aromatic rings. The highest BCUT2D eigenvalue weighted by Crippen LogP contribution is 2.37. The van der Waals surface area contributed by atoms with Crippen LogP contribution in [0.15, 0.2) is 36.4 Å². The maximum Gasteiger partial charge on any atom is 0.318 e. The Morgan fingerprint density at radius 3 is 2.64 bits per heavy atom. The molecule has 3 aliphatic rings. The molecule has 4 heterocycles. The van der Waals surface area contributed by atoms with E-state index in [9.17, 15) is 0 Å². The third-order valence-corrected chi connectivity index (χ3v) is 8.97. The van der Waals surface area contributed by atoms with Gasteiger partial charge in [-0.05, 0) is 69.1 Å². The number of hydrogen-bond acceptors (Lipinski definition) is 8. The number of fused-ring (bicyclic) bond motifs is 2. The Bertz CT molecular complexity index is 1360. The van der Waals surface area contributed by atoms with Gasteiger partial charge in [-0.1, -0.05) is 35.9 Å². The molecule has 204 valence electrons. The van der Waals surface area contributed by atoms with Gasteiger partial charge < -0.3 is 24.8 Å². The van der Waals surface area contributed by atoms with E-state index in [-0.39, 0.29) is 0 Å². The first-order valence-corrected chi connectivity index (χ1v) is 14.5. The largest absolute Gasteiger partial charge is 0.462 e. The van der Waals surface area contributed by atoms with Crippen molar-refractivity contribution in [2.75, 3.05) is 56.2 Å². The van der Waals surface area contributed by atoms with Crippen LogP contribution < -0.4 is 19.9 Å². The van der Waals surface area contributed by atoms with E-state index < -0.39 is 0 Å². The second-order valence-electron chi connectivity index (χ2n) is 11.1. The van der Waals surface area contributed by atoms with E-state index in [2.05, 4.69) is 57.5 Å². The summed E-state index contributed by atoms with van der Waals surface area (Å²) in [7, 11) is 2.17. The Kier molecular flexibility index (Phi) is 7.62. The van der Waals surface area contributed by atoms with Crippen LogP contribution in [0.1, 0.15) is 36.9 Å². The quantitative estimate of drug-likeness (QED) is 0.341. The Morgan fingerprint density at radius 1 is 1.05 bits per heavy atom.